The molecule has 2 heterocycles. The zero-order valence-electron chi connectivity index (χ0n) is 11.1. The summed E-state index contributed by atoms with van der Waals surface area (Å²) in [6.45, 7) is 4.48. The van der Waals surface area contributed by atoms with Gasteiger partial charge in [-0.2, -0.15) is 0 Å². The molecule has 0 aliphatic carbocycles. The largest absolute Gasteiger partial charge is 0.143 e. The molecule has 0 fully saturated rings. The summed E-state index contributed by atoms with van der Waals surface area (Å²) in [5.41, 5.74) is 2.74. The van der Waals surface area contributed by atoms with Gasteiger partial charge in [0.15, 0.2) is 0 Å². The summed E-state index contributed by atoms with van der Waals surface area (Å²) in [5.74, 6) is 0.580. The monoisotopic (exact) mass is 284 g/mol. The van der Waals surface area contributed by atoms with Crippen LogP contribution in [0.5, 0.6) is 0 Å². The van der Waals surface area contributed by atoms with Crippen LogP contribution in [-0.2, 0) is 0 Å². The highest BCUT2D eigenvalue weighted by Crippen LogP contribution is 2.37. The molecule has 3 aromatic rings. The smallest absolute Gasteiger partial charge is 0.0449 e. The SMILES string of the molecule is CC(C)c1cccc(-c2ccc(-c3cccs3)s2)c1. The van der Waals surface area contributed by atoms with Gasteiger partial charge in [-0.25, -0.2) is 0 Å². The van der Waals surface area contributed by atoms with Crippen LogP contribution in [0, 0.1) is 0 Å². The van der Waals surface area contributed by atoms with E-state index < -0.39 is 0 Å². The second kappa shape index (κ2) is 5.32. The lowest BCUT2D eigenvalue weighted by atomic mass is 10.0. The first-order chi connectivity index (χ1) is 9.24. The molecule has 0 N–H and O–H groups in total. The predicted octanol–water partition coefficient (Wildman–Crippen LogP) is 6.27. The maximum Gasteiger partial charge on any atom is 0.0449 e. The van der Waals surface area contributed by atoms with Crippen molar-refractivity contribution in [1.29, 1.82) is 0 Å². The molecule has 19 heavy (non-hydrogen) atoms. The fraction of sp³-hybridized carbons (Fsp3) is 0.176. The van der Waals surface area contributed by atoms with E-state index in [9.17, 15) is 0 Å². The Morgan fingerprint density at radius 2 is 1.68 bits per heavy atom. The zero-order valence-corrected chi connectivity index (χ0v) is 12.7. The van der Waals surface area contributed by atoms with Crippen LogP contribution in [0.3, 0.4) is 0 Å². The summed E-state index contributed by atoms with van der Waals surface area (Å²) in [6, 6.07) is 17.7. The average Bonchev–Trinajstić information content (AvgIpc) is 3.09. The van der Waals surface area contributed by atoms with Crippen LogP contribution in [0.4, 0.5) is 0 Å². The van der Waals surface area contributed by atoms with Gasteiger partial charge in [0, 0.05) is 14.6 Å². The van der Waals surface area contributed by atoms with Crippen molar-refractivity contribution in [2.75, 3.05) is 0 Å². The minimum atomic E-state index is 0.580. The fourth-order valence-corrected chi connectivity index (χ4v) is 3.93. The lowest BCUT2D eigenvalue weighted by molar-refractivity contribution is 0.867. The molecule has 0 spiro atoms. The number of thiophene rings is 2. The van der Waals surface area contributed by atoms with Crippen LogP contribution in [0.2, 0.25) is 0 Å². The third-order valence-electron chi connectivity index (χ3n) is 3.21. The number of hydrogen-bond donors (Lipinski definition) is 0. The van der Waals surface area contributed by atoms with Crippen LogP contribution in [0.1, 0.15) is 25.3 Å². The Morgan fingerprint density at radius 3 is 2.42 bits per heavy atom. The molecule has 96 valence electrons. The summed E-state index contributed by atoms with van der Waals surface area (Å²) < 4.78 is 0. The Bertz CT molecular complexity index is 660. The lowest BCUT2D eigenvalue weighted by Gasteiger charge is -2.06. The normalized spacial score (nSPS) is 11.1. The second-order valence-electron chi connectivity index (χ2n) is 4.92. The van der Waals surface area contributed by atoms with Crippen LogP contribution in [0.25, 0.3) is 20.2 Å². The maximum atomic E-state index is 2.31. The quantitative estimate of drug-likeness (QED) is 0.532. The highest BCUT2D eigenvalue weighted by Gasteiger charge is 2.07. The van der Waals surface area contributed by atoms with Crippen LogP contribution in [0.15, 0.2) is 53.9 Å². The summed E-state index contributed by atoms with van der Waals surface area (Å²) in [7, 11) is 0. The molecular weight excluding hydrogens is 268 g/mol. The summed E-state index contributed by atoms with van der Waals surface area (Å²) in [6.07, 6.45) is 0. The van der Waals surface area contributed by atoms with Gasteiger partial charge in [-0.1, -0.05) is 44.2 Å². The Kier molecular flexibility index (Phi) is 3.54. The third-order valence-corrected chi connectivity index (χ3v) is 5.41. The van der Waals surface area contributed by atoms with Gasteiger partial charge in [0.25, 0.3) is 0 Å². The molecule has 0 unspecified atom stereocenters. The zero-order chi connectivity index (χ0) is 13.2. The molecule has 0 radical (unpaired) electrons. The van der Waals surface area contributed by atoms with E-state index in [1.165, 1.54) is 25.8 Å². The summed E-state index contributed by atoms with van der Waals surface area (Å²) in [4.78, 5) is 4.07. The molecule has 0 atom stereocenters. The van der Waals surface area contributed by atoms with Crippen LogP contribution in [-0.4, -0.2) is 0 Å². The number of rotatable bonds is 3. The highest BCUT2D eigenvalue weighted by atomic mass is 32.1. The van der Waals surface area contributed by atoms with Crippen molar-refractivity contribution in [2.24, 2.45) is 0 Å². The molecule has 2 aromatic heterocycles. The van der Waals surface area contributed by atoms with Crippen LogP contribution < -0.4 is 0 Å². The van der Waals surface area contributed by atoms with Crippen molar-refractivity contribution in [3.63, 3.8) is 0 Å². The van der Waals surface area contributed by atoms with Gasteiger partial charge in [-0.15, -0.1) is 22.7 Å². The van der Waals surface area contributed by atoms with E-state index in [1.807, 2.05) is 11.3 Å². The van der Waals surface area contributed by atoms with E-state index in [1.54, 1.807) is 11.3 Å². The van der Waals surface area contributed by atoms with Crippen molar-refractivity contribution in [1.82, 2.24) is 0 Å². The maximum absolute atomic E-state index is 2.31. The fourth-order valence-electron chi connectivity index (χ4n) is 2.10. The Balaban J connectivity index is 1.97. The third kappa shape index (κ3) is 2.65. The minimum Gasteiger partial charge on any atom is -0.143 e. The summed E-state index contributed by atoms with van der Waals surface area (Å²) >= 11 is 3.68. The van der Waals surface area contributed by atoms with Crippen molar-refractivity contribution in [3.8, 4) is 20.2 Å². The van der Waals surface area contributed by atoms with Gasteiger partial charge < -0.3 is 0 Å². The van der Waals surface area contributed by atoms with E-state index in [4.69, 9.17) is 0 Å². The summed E-state index contributed by atoms with van der Waals surface area (Å²) in [5, 5.41) is 2.13. The molecule has 0 saturated heterocycles. The molecule has 1 aromatic carbocycles. The molecule has 2 heteroatoms. The molecule has 0 aliphatic heterocycles. The van der Waals surface area contributed by atoms with Gasteiger partial charge in [0.05, 0.1) is 0 Å². The molecule has 0 bridgehead atoms. The number of hydrogen-bond acceptors (Lipinski definition) is 2. The van der Waals surface area contributed by atoms with E-state index in [-0.39, 0.29) is 0 Å². The molecule has 0 aliphatic rings. The molecule has 0 nitrogen and oxygen atoms in total. The first-order valence-corrected chi connectivity index (χ1v) is 8.17. The minimum absolute atomic E-state index is 0.580. The van der Waals surface area contributed by atoms with Crippen molar-refractivity contribution in [2.45, 2.75) is 19.8 Å². The Morgan fingerprint density at radius 1 is 0.842 bits per heavy atom. The standard InChI is InChI=1S/C17H16S2/c1-12(2)13-5-3-6-14(11-13)15-8-9-17(19-15)16-7-4-10-18-16/h3-12H,1-2H3. The number of benzene rings is 1. The average molecular weight is 284 g/mol. The van der Waals surface area contributed by atoms with Crippen molar-refractivity contribution >= 4 is 22.7 Å². The molecular formula is C17H16S2. The lowest BCUT2D eigenvalue weighted by Crippen LogP contribution is -1.86. The van der Waals surface area contributed by atoms with Gasteiger partial charge in [-0.3, -0.25) is 0 Å². The van der Waals surface area contributed by atoms with E-state index in [2.05, 4.69) is 67.8 Å². The molecule has 0 saturated carbocycles. The first-order valence-electron chi connectivity index (χ1n) is 6.48. The highest BCUT2D eigenvalue weighted by molar-refractivity contribution is 7.23. The predicted molar refractivity (Wildman–Crippen MR) is 87.2 cm³/mol. The molecule has 0 amide bonds. The van der Waals surface area contributed by atoms with Gasteiger partial charge >= 0.3 is 0 Å². The van der Waals surface area contributed by atoms with Crippen molar-refractivity contribution < 1.29 is 0 Å². The second-order valence-corrected chi connectivity index (χ2v) is 6.95. The van der Waals surface area contributed by atoms with Crippen LogP contribution >= 0.6 is 22.7 Å². The van der Waals surface area contributed by atoms with E-state index in [0.29, 0.717) is 5.92 Å². The van der Waals surface area contributed by atoms with E-state index >= 15 is 0 Å². The van der Waals surface area contributed by atoms with Crippen molar-refractivity contribution in [3.05, 3.63) is 59.5 Å². The van der Waals surface area contributed by atoms with Gasteiger partial charge in [-0.05, 0) is 40.6 Å². The van der Waals surface area contributed by atoms with E-state index in [0.717, 1.165) is 0 Å². The topological polar surface area (TPSA) is 0 Å². The first kappa shape index (κ1) is 12.6. The molecule has 3 rings (SSSR count). The Hall–Kier alpha value is -1.38. The van der Waals surface area contributed by atoms with Gasteiger partial charge in [0.2, 0.25) is 0 Å². The Labute approximate surface area is 122 Å². The van der Waals surface area contributed by atoms with Gasteiger partial charge in [0.1, 0.15) is 0 Å².